The van der Waals surface area contributed by atoms with E-state index in [-0.39, 0.29) is 11.3 Å². The second-order valence-electron chi connectivity index (χ2n) is 6.99. The van der Waals surface area contributed by atoms with E-state index in [0.29, 0.717) is 24.3 Å². The number of pyridine rings is 1. The number of aromatic nitrogens is 1. The van der Waals surface area contributed by atoms with Crippen LogP contribution >= 0.6 is 0 Å². The summed E-state index contributed by atoms with van der Waals surface area (Å²) in [6, 6.07) is 9.40. The summed E-state index contributed by atoms with van der Waals surface area (Å²) in [6.07, 6.45) is 0.968. The van der Waals surface area contributed by atoms with Crippen LogP contribution in [0.3, 0.4) is 0 Å². The van der Waals surface area contributed by atoms with Gasteiger partial charge in [-0.1, -0.05) is 12.1 Å². The van der Waals surface area contributed by atoms with Crippen LogP contribution in [0.1, 0.15) is 17.5 Å². The Morgan fingerprint density at radius 2 is 2.03 bits per heavy atom. The Labute approximate surface area is 170 Å². The van der Waals surface area contributed by atoms with Crippen molar-refractivity contribution in [3.8, 4) is 5.75 Å². The summed E-state index contributed by atoms with van der Waals surface area (Å²) in [5.74, 6) is -0.252. The highest BCUT2D eigenvalue weighted by atomic mass is 19.4. The van der Waals surface area contributed by atoms with Gasteiger partial charge in [0.25, 0.3) is 5.91 Å². The van der Waals surface area contributed by atoms with Crippen molar-refractivity contribution < 1.29 is 27.9 Å². The molecule has 160 valence electrons. The third kappa shape index (κ3) is 6.19. The Morgan fingerprint density at radius 3 is 2.60 bits per heavy atom. The molecule has 1 saturated heterocycles. The largest absolute Gasteiger partial charge is 0.573 e. The van der Waals surface area contributed by atoms with E-state index < -0.39 is 12.3 Å². The first-order valence-electron chi connectivity index (χ1n) is 9.19. The molecule has 1 fully saturated rings. The predicted molar refractivity (Wildman–Crippen MR) is 104 cm³/mol. The molecule has 1 aliphatic heterocycles. The molecule has 4 N–H and O–H groups in total. The van der Waals surface area contributed by atoms with Gasteiger partial charge in [0.05, 0.1) is 5.54 Å². The van der Waals surface area contributed by atoms with Gasteiger partial charge in [0, 0.05) is 18.8 Å². The van der Waals surface area contributed by atoms with Crippen molar-refractivity contribution in [2.24, 2.45) is 0 Å². The Hall–Kier alpha value is -3.11. The standard InChI is InChI=1S/C20H21F3N4O3/c21-20(22,23)30-16-5-1-14(2-6-16)11-19(9-10-24-13-19)26-17-7-3-15(12-25-17)4-8-18(28)27-29/h1-8,12,24,29H,9-11,13H2,(H,25,26)(H,27,28)/b8-4+/t19-/m0/s1. The third-order valence-corrected chi connectivity index (χ3v) is 4.66. The fraction of sp³-hybridized carbons (Fsp3) is 0.300. The molecule has 1 aromatic carbocycles. The smallest absolute Gasteiger partial charge is 0.406 e. The molecule has 1 aliphatic rings. The lowest BCUT2D eigenvalue weighted by Gasteiger charge is -2.30. The highest BCUT2D eigenvalue weighted by Gasteiger charge is 2.34. The summed E-state index contributed by atoms with van der Waals surface area (Å²) in [5, 5.41) is 15.2. The summed E-state index contributed by atoms with van der Waals surface area (Å²) in [7, 11) is 0. The van der Waals surface area contributed by atoms with Crippen molar-refractivity contribution in [1.82, 2.24) is 15.8 Å². The van der Waals surface area contributed by atoms with Crippen LogP contribution in [-0.2, 0) is 11.2 Å². The number of carbonyl (C=O) groups is 1. The fourth-order valence-corrected chi connectivity index (χ4v) is 3.30. The van der Waals surface area contributed by atoms with Crippen molar-refractivity contribution in [2.45, 2.75) is 24.7 Å². The maximum absolute atomic E-state index is 12.3. The zero-order chi connectivity index (χ0) is 21.6. The number of hydrogen-bond donors (Lipinski definition) is 4. The Bertz CT molecular complexity index is 878. The van der Waals surface area contributed by atoms with Gasteiger partial charge >= 0.3 is 6.36 Å². The first-order chi connectivity index (χ1) is 14.3. The van der Waals surface area contributed by atoms with Crippen LogP contribution in [-0.4, -0.2) is 41.1 Å². The van der Waals surface area contributed by atoms with Gasteiger partial charge in [-0.3, -0.25) is 10.0 Å². The highest BCUT2D eigenvalue weighted by molar-refractivity contribution is 5.90. The van der Waals surface area contributed by atoms with Crippen molar-refractivity contribution in [3.63, 3.8) is 0 Å². The summed E-state index contributed by atoms with van der Waals surface area (Å²) in [5.41, 5.74) is 2.72. The predicted octanol–water partition coefficient (Wildman–Crippen LogP) is 2.89. The molecular formula is C20H21F3N4O3. The maximum atomic E-state index is 12.3. The molecule has 3 rings (SSSR count). The Morgan fingerprint density at radius 1 is 1.27 bits per heavy atom. The summed E-state index contributed by atoms with van der Waals surface area (Å²) < 4.78 is 40.9. The van der Waals surface area contributed by atoms with Gasteiger partial charge < -0.3 is 15.4 Å². The van der Waals surface area contributed by atoms with E-state index >= 15 is 0 Å². The van der Waals surface area contributed by atoms with Gasteiger partial charge in [0.1, 0.15) is 11.6 Å². The number of hydrogen-bond acceptors (Lipinski definition) is 6. The summed E-state index contributed by atoms with van der Waals surface area (Å²) in [6.45, 7) is 1.48. The molecule has 0 radical (unpaired) electrons. The molecule has 0 unspecified atom stereocenters. The van der Waals surface area contributed by atoms with Gasteiger partial charge in [0.15, 0.2) is 0 Å². The van der Waals surface area contributed by atoms with Crippen LogP contribution in [0.5, 0.6) is 5.75 Å². The van der Waals surface area contributed by atoms with Crippen molar-refractivity contribution in [2.75, 3.05) is 18.4 Å². The van der Waals surface area contributed by atoms with E-state index in [9.17, 15) is 18.0 Å². The van der Waals surface area contributed by atoms with E-state index in [0.717, 1.165) is 18.5 Å². The van der Waals surface area contributed by atoms with Crippen molar-refractivity contribution in [3.05, 3.63) is 59.8 Å². The molecule has 2 heterocycles. The van der Waals surface area contributed by atoms with Crippen LogP contribution in [0.2, 0.25) is 0 Å². The Kier molecular flexibility index (Phi) is 6.58. The van der Waals surface area contributed by atoms with Crippen LogP contribution in [0.25, 0.3) is 6.08 Å². The molecule has 0 spiro atoms. The molecule has 30 heavy (non-hydrogen) atoms. The van der Waals surface area contributed by atoms with Crippen LogP contribution in [0.15, 0.2) is 48.7 Å². The van der Waals surface area contributed by atoms with Crippen LogP contribution in [0, 0.1) is 0 Å². The van der Waals surface area contributed by atoms with Crippen molar-refractivity contribution >= 4 is 17.8 Å². The number of nitrogens with one attached hydrogen (secondary N) is 3. The average Bonchev–Trinajstić information content (AvgIpc) is 3.15. The fourth-order valence-electron chi connectivity index (χ4n) is 3.30. The third-order valence-electron chi connectivity index (χ3n) is 4.66. The van der Waals surface area contributed by atoms with Gasteiger partial charge in [-0.15, -0.1) is 13.2 Å². The molecule has 2 aromatic rings. The van der Waals surface area contributed by atoms with Gasteiger partial charge in [0.2, 0.25) is 0 Å². The number of nitrogens with zero attached hydrogens (tertiary/aromatic N) is 1. The number of amides is 1. The number of carbonyl (C=O) groups excluding carboxylic acids is 1. The minimum absolute atomic E-state index is 0.252. The average molecular weight is 422 g/mol. The van der Waals surface area contributed by atoms with E-state index in [4.69, 9.17) is 5.21 Å². The first kappa shape index (κ1) is 21.6. The van der Waals surface area contributed by atoms with Gasteiger partial charge in [-0.2, -0.15) is 0 Å². The zero-order valence-corrected chi connectivity index (χ0v) is 15.9. The molecular weight excluding hydrogens is 401 g/mol. The second kappa shape index (κ2) is 9.14. The molecule has 0 saturated carbocycles. The number of anilines is 1. The molecule has 0 aliphatic carbocycles. The van der Waals surface area contributed by atoms with Crippen LogP contribution in [0.4, 0.5) is 19.0 Å². The Balaban J connectivity index is 1.68. The monoisotopic (exact) mass is 422 g/mol. The van der Waals surface area contributed by atoms with Crippen molar-refractivity contribution in [1.29, 1.82) is 0 Å². The number of halogens is 3. The lowest BCUT2D eigenvalue weighted by Crippen LogP contribution is -2.43. The molecule has 10 heteroatoms. The number of hydroxylamine groups is 1. The quantitative estimate of drug-likeness (QED) is 0.311. The molecule has 1 atom stereocenters. The minimum Gasteiger partial charge on any atom is -0.406 e. The van der Waals surface area contributed by atoms with E-state index in [1.54, 1.807) is 30.5 Å². The number of ether oxygens (including phenoxy) is 1. The lowest BCUT2D eigenvalue weighted by molar-refractivity contribution is -0.274. The normalized spacial score (nSPS) is 19.1. The lowest BCUT2D eigenvalue weighted by atomic mass is 9.89. The molecule has 7 nitrogen and oxygen atoms in total. The molecule has 0 bridgehead atoms. The van der Waals surface area contributed by atoms with E-state index in [1.165, 1.54) is 29.8 Å². The first-order valence-corrected chi connectivity index (χ1v) is 9.19. The summed E-state index contributed by atoms with van der Waals surface area (Å²) >= 11 is 0. The number of alkyl halides is 3. The maximum Gasteiger partial charge on any atom is 0.573 e. The van der Waals surface area contributed by atoms with Gasteiger partial charge in [-0.05, 0) is 60.9 Å². The summed E-state index contributed by atoms with van der Waals surface area (Å²) in [4.78, 5) is 15.4. The van der Waals surface area contributed by atoms with E-state index in [2.05, 4.69) is 20.4 Å². The topological polar surface area (TPSA) is 95.5 Å². The zero-order valence-electron chi connectivity index (χ0n) is 15.9. The second-order valence-corrected chi connectivity index (χ2v) is 6.99. The van der Waals surface area contributed by atoms with Crippen LogP contribution < -0.4 is 20.9 Å². The number of rotatable bonds is 7. The molecule has 1 amide bonds. The minimum atomic E-state index is -4.71. The highest BCUT2D eigenvalue weighted by Crippen LogP contribution is 2.28. The van der Waals surface area contributed by atoms with E-state index in [1.807, 2.05) is 0 Å². The molecule has 1 aromatic heterocycles. The SMILES string of the molecule is O=C(/C=C/c1ccc(N[C@]2(Cc3ccc(OC(F)(F)F)cc3)CCNC2)nc1)NO. The van der Waals surface area contributed by atoms with Gasteiger partial charge in [-0.25, -0.2) is 10.5 Å². The number of benzene rings is 1.